The van der Waals surface area contributed by atoms with Gasteiger partial charge in [-0.15, -0.1) is 0 Å². The Labute approximate surface area is 177 Å². The highest BCUT2D eigenvalue weighted by Gasteiger charge is 2.57. The van der Waals surface area contributed by atoms with Crippen LogP contribution in [0.15, 0.2) is 0 Å². The molecule has 0 aromatic rings. The van der Waals surface area contributed by atoms with Crippen LogP contribution in [0.1, 0.15) is 79.1 Å². The Morgan fingerprint density at radius 3 is 2.24 bits per heavy atom. The molecule has 0 saturated carbocycles. The average molecular weight is 435 g/mol. The molecule has 3 heterocycles. The lowest BCUT2D eigenvalue weighted by atomic mass is 10.1. The predicted octanol–water partition coefficient (Wildman–Crippen LogP) is 3.81. The van der Waals surface area contributed by atoms with Crippen LogP contribution in [0.25, 0.3) is 0 Å². The first-order chi connectivity index (χ1) is 14.0. The lowest BCUT2D eigenvalue weighted by molar-refractivity contribution is -0.189. The van der Waals surface area contributed by atoms with Crippen molar-refractivity contribution < 1.29 is 32.1 Å². The second kappa shape index (κ2) is 11.5. The molecule has 170 valence electrons. The van der Waals surface area contributed by atoms with E-state index < -0.39 is 35.7 Å². The Morgan fingerprint density at radius 2 is 1.59 bits per heavy atom. The maximum absolute atomic E-state index is 12.4. The van der Waals surface area contributed by atoms with E-state index in [4.69, 9.17) is 27.9 Å². The summed E-state index contributed by atoms with van der Waals surface area (Å²) in [5.74, 6) is 0. The summed E-state index contributed by atoms with van der Waals surface area (Å²) < 4.78 is 48.5. The van der Waals surface area contributed by atoms with E-state index in [9.17, 15) is 4.21 Å². The largest absolute Gasteiger partial charge is 0.350 e. The van der Waals surface area contributed by atoms with Gasteiger partial charge in [0.2, 0.25) is 0 Å². The molecule has 0 aromatic heterocycles. The highest BCUT2D eigenvalue weighted by Crippen LogP contribution is 2.39. The van der Waals surface area contributed by atoms with Crippen LogP contribution in [-0.2, 0) is 38.9 Å². The van der Waals surface area contributed by atoms with Gasteiger partial charge in [-0.1, -0.05) is 39.5 Å². The molecular weight excluding hydrogens is 396 g/mol. The monoisotopic (exact) mass is 434 g/mol. The summed E-state index contributed by atoms with van der Waals surface area (Å²) in [7, 11) is 0. The third kappa shape index (κ3) is 6.21. The molecular formula is C21H38O7S. The van der Waals surface area contributed by atoms with Crippen molar-refractivity contribution in [1.29, 1.82) is 0 Å². The van der Waals surface area contributed by atoms with Crippen molar-refractivity contribution in [2.75, 3.05) is 6.61 Å². The van der Waals surface area contributed by atoms with Gasteiger partial charge in [0.05, 0.1) is 11.9 Å². The fourth-order valence-electron chi connectivity index (χ4n) is 3.95. The number of hydrogen-bond acceptors (Lipinski definition) is 7. The van der Waals surface area contributed by atoms with Gasteiger partial charge in [0, 0.05) is 0 Å². The lowest BCUT2D eigenvalue weighted by Gasteiger charge is -2.26. The highest BCUT2D eigenvalue weighted by molar-refractivity contribution is 7.80. The van der Waals surface area contributed by atoms with Crippen molar-refractivity contribution in [3.63, 3.8) is 0 Å². The van der Waals surface area contributed by atoms with Gasteiger partial charge in [0.1, 0.15) is 24.4 Å². The molecule has 0 aliphatic carbocycles. The second-order valence-electron chi connectivity index (χ2n) is 8.43. The fourth-order valence-corrected chi connectivity index (χ4v) is 4.61. The minimum atomic E-state index is -1.44. The standard InChI is InChI=1S/C21H38O7S/c1-5-7-9-11-16-23-13-15(24-16)18-19(28-29(22)14(3)4)20-21(27-18)26-17(25-20)12-10-8-6-2/h14-21H,5-13H2,1-4H3/t15-,16?,17?,18-,19+,20-,21+,29?/m1/s1. The minimum Gasteiger partial charge on any atom is -0.350 e. The van der Waals surface area contributed by atoms with Crippen molar-refractivity contribution in [3.8, 4) is 0 Å². The molecule has 8 atom stereocenters. The van der Waals surface area contributed by atoms with Gasteiger partial charge in [-0.3, -0.25) is 4.18 Å². The van der Waals surface area contributed by atoms with Crippen LogP contribution in [0, 0.1) is 0 Å². The molecule has 3 aliphatic heterocycles. The maximum atomic E-state index is 12.4. The minimum absolute atomic E-state index is 0.111. The van der Waals surface area contributed by atoms with Crippen LogP contribution in [-0.4, -0.2) is 59.4 Å². The van der Waals surface area contributed by atoms with Gasteiger partial charge in [-0.05, 0) is 39.5 Å². The Kier molecular flexibility index (Phi) is 9.35. The Bertz CT molecular complexity index is 517. The summed E-state index contributed by atoms with van der Waals surface area (Å²) in [6, 6.07) is 0. The van der Waals surface area contributed by atoms with E-state index >= 15 is 0 Å². The number of ether oxygens (including phenoxy) is 5. The first-order valence-corrected chi connectivity index (χ1v) is 12.5. The summed E-state index contributed by atoms with van der Waals surface area (Å²) in [6.45, 7) is 8.53. The molecule has 0 N–H and O–H groups in total. The Hall–Kier alpha value is -0.0900. The molecule has 7 nitrogen and oxygen atoms in total. The van der Waals surface area contributed by atoms with Crippen LogP contribution in [0.5, 0.6) is 0 Å². The van der Waals surface area contributed by atoms with Crippen LogP contribution < -0.4 is 0 Å². The van der Waals surface area contributed by atoms with E-state index in [1.807, 2.05) is 13.8 Å². The molecule has 0 bridgehead atoms. The SMILES string of the molecule is CCCCCC1O[C@H]2O[C@H]([C@H]3COC(CCCCC)O3)[C@H](OS(=O)C(C)C)[C@H]2O1. The van der Waals surface area contributed by atoms with Crippen molar-refractivity contribution in [2.45, 2.75) is 128 Å². The molecule has 3 rings (SSSR count). The number of hydrogen-bond donors (Lipinski definition) is 0. The molecule has 3 saturated heterocycles. The van der Waals surface area contributed by atoms with Crippen LogP contribution >= 0.6 is 0 Å². The average Bonchev–Trinajstić information content (AvgIpc) is 3.38. The zero-order valence-corrected chi connectivity index (χ0v) is 19.1. The summed E-state index contributed by atoms with van der Waals surface area (Å²) >= 11 is -1.44. The van der Waals surface area contributed by atoms with E-state index in [0.29, 0.717) is 6.61 Å². The Morgan fingerprint density at radius 1 is 0.897 bits per heavy atom. The first-order valence-electron chi connectivity index (χ1n) is 11.3. The zero-order valence-electron chi connectivity index (χ0n) is 18.2. The van der Waals surface area contributed by atoms with Crippen LogP contribution in [0.2, 0.25) is 0 Å². The third-order valence-corrected chi connectivity index (χ3v) is 6.80. The number of fused-ring (bicyclic) bond motifs is 1. The molecule has 3 unspecified atom stereocenters. The van der Waals surface area contributed by atoms with Gasteiger partial charge in [-0.25, -0.2) is 4.21 Å². The van der Waals surface area contributed by atoms with E-state index in [-0.39, 0.29) is 23.9 Å². The first kappa shape index (κ1) is 23.6. The van der Waals surface area contributed by atoms with Crippen LogP contribution in [0.3, 0.4) is 0 Å². The molecule has 8 heteroatoms. The summed E-state index contributed by atoms with van der Waals surface area (Å²) in [4.78, 5) is 0. The van der Waals surface area contributed by atoms with Crippen molar-refractivity contribution >= 4 is 11.1 Å². The summed E-state index contributed by atoms with van der Waals surface area (Å²) in [5.41, 5.74) is 0. The molecule has 3 aliphatic rings. The second-order valence-corrected chi connectivity index (χ2v) is 10.1. The van der Waals surface area contributed by atoms with Gasteiger partial charge in [0.25, 0.3) is 0 Å². The van der Waals surface area contributed by atoms with Crippen molar-refractivity contribution in [1.82, 2.24) is 0 Å². The van der Waals surface area contributed by atoms with E-state index in [1.54, 1.807) is 0 Å². The molecule has 0 aromatic carbocycles. The van der Waals surface area contributed by atoms with Gasteiger partial charge < -0.3 is 23.7 Å². The molecule has 3 fully saturated rings. The quantitative estimate of drug-likeness (QED) is 0.433. The molecule has 0 radical (unpaired) electrons. The molecule has 0 amide bonds. The van der Waals surface area contributed by atoms with E-state index in [2.05, 4.69) is 13.8 Å². The third-order valence-electron chi connectivity index (χ3n) is 5.62. The fraction of sp³-hybridized carbons (Fsp3) is 1.00. The van der Waals surface area contributed by atoms with Crippen LogP contribution in [0.4, 0.5) is 0 Å². The Balaban J connectivity index is 1.59. The van der Waals surface area contributed by atoms with Gasteiger partial charge >= 0.3 is 0 Å². The van der Waals surface area contributed by atoms with E-state index in [1.165, 1.54) is 0 Å². The number of unbranched alkanes of at least 4 members (excludes halogenated alkanes) is 4. The summed E-state index contributed by atoms with van der Waals surface area (Å²) in [6.07, 6.45) is 5.86. The lowest BCUT2D eigenvalue weighted by Crippen LogP contribution is -2.43. The van der Waals surface area contributed by atoms with Crippen molar-refractivity contribution in [2.24, 2.45) is 0 Å². The number of rotatable bonds is 12. The normalized spacial score (nSPS) is 38.0. The summed E-state index contributed by atoms with van der Waals surface area (Å²) in [5, 5.41) is -0.111. The van der Waals surface area contributed by atoms with E-state index in [0.717, 1.165) is 51.4 Å². The predicted molar refractivity (Wildman–Crippen MR) is 109 cm³/mol. The maximum Gasteiger partial charge on any atom is 0.190 e. The highest BCUT2D eigenvalue weighted by atomic mass is 32.2. The topological polar surface area (TPSA) is 72.5 Å². The molecule has 29 heavy (non-hydrogen) atoms. The van der Waals surface area contributed by atoms with Gasteiger partial charge in [0.15, 0.2) is 30.0 Å². The zero-order chi connectivity index (χ0) is 20.8. The van der Waals surface area contributed by atoms with Crippen molar-refractivity contribution in [3.05, 3.63) is 0 Å². The molecule has 0 spiro atoms. The smallest absolute Gasteiger partial charge is 0.190 e. The van der Waals surface area contributed by atoms with Gasteiger partial charge in [-0.2, -0.15) is 0 Å².